The van der Waals surface area contributed by atoms with E-state index in [1.54, 1.807) is 4.90 Å². The molecule has 9 nitrogen and oxygen atoms in total. The number of nitrogen functional groups attached to an aromatic ring is 1. The molecule has 0 radical (unpaired) electrons. The molecule has 2 atom stereocenters. The van der Waals surface area contributed by atoms with Crippen molar-refractivity contribution in [3.05, 3.63) is 64.7 Å². The number of primary amides is 1. The molecule has 4 heterocycles. The Balaban J connectivity index is 1.43. The highest BCUT2D eigenvalue weighted by Crippen LogP contribution is 2.44. The number of pyridine rings is 1. The van der Waals surface area contributed by atoms with Crippen LogP contribution in [0.2, 0.25) is 5.02 Å². The number of carbonyl (C=O) groups is 2. The molecule has 2 aliphatic heterocycles. The van der Waals surface area contributed by atoms with Crippen molar-refractivity contribution in [2.45, 2.75) is 31.3 Å². The lowest BCUT2D eigenvalue weighted by Gasteiger charge is -2.33. The van der Waals surface area contributed by atoms with E-state index in [-0.39, 0.29) is 39.8 Å². The van der Waals surface area contributed by atoms with Crippen molar-refractivity contribution in [3.63, 3.8) is 0 Å². The van der Waals surface area contributed by atoms with Crippen LogP contribution in [0.25, 0.3) is 16.8 Å². The van der Waals surface area contributed by atoms with Crippen LogP contribution in [0.4, 0.5) is 19.3 Å². The predicted molar refractivity (Wildman–Crippen MR) is 123 cm³/mol. The first-order chi connectivity index (χ1) is 16.7. The fourth-order valence-electron chi connectivity index (χ4n) is 4.73. The number of nitrogens with one attached hydrogen (secondary N) is 1. The van der Waals surface area contributed by atoms with Crippen molar-refractivity contribution in [1.82, 2.24) is 19.9 Å². The molecule has 1 fully saturated rings. The van der Waals surface area contributed by atoms with E-state index in [0.29, 0.717) is 36.4 Å². The molecule has 0 saturated carbocycles. The smallest absolute Gasteiger partial charge is 0.398 e. The lowest BCUT2D eigenvalue weighted by atomic mass is 9.92. The molecular formula is C23H19ClF2N6O3. The molecule has 2 amide bonds. The summed E-state index contributed by atoms with van der Waals surface area (Å²) in [6.45, 7) is 0. The minimum atomic E-state index is -1.19. The van der Waals surface area contributed by atoms with Crippen LogP contribution in [0.3, 0.4) is 0 Å². The van der Waals surface area contributed by atoms with Crippen molar-refractivity contribution in [3.8, 4) is 17.1 Å². The first kappa shape index (κ1) is 22.8. The number of aromatic nitrogens is 3. The van der Waals surface area contributed by atoms with Crippen molar-refractivity contribution in [2.75, 3.05) is 5.73 Å². The number of anilines is 1. The van der Waals surface area contributed by atoms with E-state index >= 15 is 0 Å². The number of amides is 2. The quantitative estimate of drug-likeness (QED) is 0.463. The Hall–Kier alpha value is -3.99. The molecule has 3 aromatic rings. The number of ether oxygens (including phenoxy) is 1. The third-order valence-electron chi connectivity index (χ3n) is 6.21. The number of hydrogen-bond acceptors (Lipinski definition) is 6. The summed E-state index contributed by atoms with van der Waals surface area (Å²) in [4.78, 5) is 36.9. The van der Waals surface area contributed by atoms with E-state index in [4.69, 9.17) is 23.1 Å². The topological polar surface area (TPSA) is 140 Å². The zero-order valence-corrected chi connectivity index (χ0v) is 18.9. The summed E-state index contributed by atoms with van der Waals surface area (Å²) >= 11 is 5.93. The van der Waals surface area contributed by atoms with Crippen LogP contribution in [0.5, 0.6) is 5.88 Å². The number of fused-ring (bicyclic) bond motifs is 1. The van der Waals surface area contributed by atoms with E-state index in [9.17, 15) is 18.4 Å². The zero-order chi connectivity index (χ0) is 24.9. The largest absolute Gasteiger partial charge is 0.411 e. The first-order valence-electron chi connectivity index (χ1n) is 10.7. The van der Waals surface area contributed by atoms with E-state index in [0.717, 1.165) is 0 Å². The average Bonchev–Trinajstić information content (AvgIpc) is 3.45. The Morgan fingerprint density at radius 2 is 2.00 bits per heavy atom. The van der Waals surface area contributed by atoms with Crippen LogP contribution in [-0.2, 0) is 4.79 Å². The SMILES string of the molecule is NC(=O)Oc1nccc(-c2cnc([C@@H]3CCC4CC(c5c(N)ccc(Cl)c5F)=CC(=O)N43)[nH]2)c1F. The monoisotopic (exact) mass is 500 g/mol. The molecule has 1 saturated heterocycles. The van der Waals surface area contributed by atoms with Gasteiger partial charge >= 0.3 is 6.09 Å². The summed E-state index contributed by atoms with van der Waals surface area (Å²) in [7, 11) is 0. The third-order valence-corrected chi connectivity index (χ3v) is 6.51. The molecule has 5 rings (SSSR count). The molecule has 0 bridgehead atoms. The number of nitrogens with two attached hydrogens (primary N) is 2. The molecule has 0 aliphatic carbocycles. The van der Waals surface area contributed by atoms with Crippen LogP contribution < -0.4 is 16.2 Å². The first-order valence-corrected chi connectivity index (χ1v) is 11.1. The zero-order valence-electron chi connectivity index (χ0n) is 18.1. The van der Waals surface area contributed by atoms with Crippen LogP contribution in [0.1, 0.15) is 36.7 Å². The Bertz CT molecular complexity index is 1390. The molecule has 2 aromatic heterocycles. The van der Waals surface area contributed by atoms with Gasteiger partial charge < -0.3 is 26.1 Å². The van der Waals surface area contributed by atoms with E-state index in [1.807, 2.05) is 0 Å². The summed E-state index contributed by atoms with van der Waals surface area (Å²) in [5.74, 6) is -1.92. The molecule has 0 spiro atoms. The fourth-order valence-corrected chi connectivity index (χ4v) is 4.89. The predicted octanol–water partition coefficient (Wildman–Crippen LogP) is 3.96. The van der Waals surface area contributed by atoms with Crippen molar-refractivity contribution in [1.29, 1.82) is 0 Å². The second-order valence-electron chi connectivity index (χ2n) is 8.27. The van der Waals surface area contributed by atoms with Crippen molar-refractivity contribution in [2.24, 2.45) is 5.73 Å². The van der Waals surface area contributed by atoms with Gasteiger partial charge in [0.05, 0.1) is 23.0 Å². The summed E-state index contributed by atoms with van der Waals surface area (Å²) in [6, 6.07) is 3.71. The normalized spacial score (nSPS) is 19.5. The van der Waals surface area contributed by atoms with Gasteiger partial charge in [0.1, 0.15) is 5.82 Å². The molecule has 1 aromatic carbocycles. The third kappa shape index (κ3) is 3.97. The molecule has 12 heteroatoms. The maximum absolute atomic E-state index is 14.8. The van der Waals surface area contributed by atoms with E-state index in [2.05, 4.69) is 19.7 Å². The number of aromatic amines is 1. The molecular weight excluding hydrogens is 482 g/mol. The van der Waals surface area contributed by atoms with Gasteiger partial charge in [-0.1, -0.05) is 11.6 Å². The highest BCUT2D eigenvalue weighted by Gasteiger charge is 2.42. The molecule has 2 aliphatic rings. The van der Waals surface area contributed by atoms with Gasteiger partial charge in [-0.3, -0.25) is 4.79 Å². The molecule has 35 heavy (non-hydrogen) atoms. The number of H-pyrrole nitrogens is 1. The maximum Gasteiger partial charge on any atom is 0.411 e. The maximum atomic E-state index is 14.8. The van der Waals surface area contributed by atoms with Crippen molar-refractivity contribution >= 4 is 34.9 Å². The minimum absolute atomic E-state index is 0.0647. The molecule has 1 unspecified atom stereocenters. The minimum Gasteiger partial charge on any atom is -0.398 e. The molecule has 180 valence electrons. The summed E-state index contributed by atoms with van der Waals surface area (Å²) < 4.78 is 34.0. The summed E-state index contributed by atoms with van der Waals surface area (Å²) in [5, 5.41) is -0.0647. The van der Waals surface area contributed by atoms with E-state index in [1.165, 1.54) is 36.7 Å². The van der Waals surface area contributed by atoms with Crippen LogP contribution in [-0.4, -0.2) is 37.9 Å². The number of rotatable bonds is 4. The van der Waals surface area contributed by atoms with Gasteiger partial charge in [0, 0.05) is 35.1 Å². The Labute approximate surface area is 202 Å². The number of hydrogen-bond donors (Lipinski definition) is 3. The van der Waals surface area contributed by atoms with Gasteiger partial charge in [-0.2, -0.15) is 0 Å². The van der Waals surface area contributed by atoms with Crippen LogP contribution in [0, 0.1) is 11.6 Å². The van der Waals surface area contributed by atoms with Crippen LogP contribution in [0.15, 0.2) is 36.7 Å². The lowest BCUT2D eigenvalue weighted by molar-refractivity contribution is -0.129. The lowest BCUT2D eigenvalue weighted by Crippen LogP contribution is -2.39. The van der Waals surface area contributed by atoms with Gasteiger partial charge in [-0.25, -0.2) is 23.5 Å². The van der Waals surface area contributed by atoms with Crippen LogP contribution >= 0.6 is 11.6 Å². The second-order valence-corrected chi connectivity index (χ2v) is 8.68. The number of benzene rings is 1. The number of carbonyl (C=O) groups excluding carboxylic acids is 2. The van der Waals surface area contributed by atoms with Crippen molar-refractivity contribution < 1.29 is 23.1 Å². The van der Waals surface area contributed by atoms with Gasteiger partial charge in [0.25, 0.3) is 5.88 Å². The average molecular weight is 501 g/mol. The fraction of sp³-hybridized carbons (Fsp3) is 0.217. The Morgan fingerprint density at radius 3 is 2.77 bits per heavy atom. The highest BCUT2D eigenvalue weighted by atomic mass is 35.5. The Morgan fingerprint density at radius 1 is 1.20 bits per heavy atom. The summed E-state index contributed by atoms with van der Waals surface area (Å²) in [5.41, 5.74) is 12.2. The van der Waals surface area contributed by atoms with Gasteiger partial charge in [0.15, 0.2) is 11.6 Å². The van der Waals surface area contributed by atoms with Gasteiger partial charge in [0.2, 0.25) is 5.91 Å². The highest BCUT2D eigenvalue weighted by molar-refractivity contribution is 6.31. The second kappa shape index (κ2) is 8.66. The van der Waals surface area contributed by atoms with Gasteiger partial charge in [-0.05, 0) is 43.0 Å². The molecule has 5 N–H and O–H groups in total. The standard InChI is InChI=1S/C23H19ClF2N6O3/c24-13-2-3-14(27)18(20(13)26)10-7-11-1-4-16(32(11)17(33)8-10)21-30-9-15(31-21)12-5-6-29-22(19(12)25)35-23(28)34/h2-3,5-6,8-9,11,16H,1,4,7,27H2,(H2,28,34)(H,30,31)/t11?,16-/m0/s1. The Kier molecular flexibility index (Phi) is 5.64. The number of halogens is 3. The number of nitrogens with zero attached hydrogens (tertiary/aromatic N) is 3. The number of imidazole rings is 1. The van der Waals surface area contributed by atoms with Gasteiger partial charge in [-0.15, -0.1) is 0 Å². The summed E-state index contributed by atoms with van der Waals surface area (Å²) in [6.07, 6.45) is 4.55. The van der Waals surface area contributed by atoms with E-state index < -0.39 is 23.6 Å².